The summed E-state index contributed by atoms with van der Waals surface area (Å²) in [5.74, 6) is 0.346. The Balaban J connectivity index is 1.81. The van der Waals surface area contributed by atoms with Crippen LogP contribution in [0.2, 0.25) is 0 Å². The quantitative estimate of drug-likeness (QED) is 0.350. The molecule has 0 spiro atoms. The highest BCUT2D eigenvalue weighted by molar-refractivity contribution is 5.93. The van der Waals surface area contributed by atoms with E-state index >= 15 is 0 Å². The molecule has 0 amide bonds. The first-order chi connectivity index (χ1) is 15.0. The first-order valence-corrected chi connectivity index (χ1v) is 11.7. The van der Waals surface area contributed by atoms with Gasteiger partial charge in [0, 0.05) is 0 Å². The van der Waals surface area contributed by atoms with Crippen LogP contribution in [0.25, 0.3) is 21.5 Å². The Hall–Kier alpha value is -2.80. The SMILES string of the molecule is Cc1cccc2c(CCc3cccc4cc(O)cc(C(C)(C)C)c34)ccc(C(C)(C)C)c12. The number of aryl methyl sites for hydroxylation is 3. The van der Waals surface area contributed by atoms with Crippen LogP contribution in [0.15, 0.2) is 60.7 Å². The van der Waals surface area contributed by atoms with Crippen LogP contribution in [-0.2, 0) is 23.7 Å². The minimum absolute atomic E-state index is 0.0364. The number of phenols is 1. The highest BCUT2D eigenvalue weighted by Gasteiger charge is 2.21. The van der Waals surface area contributed by atoms with E-state index in [1.54, 1.807) is 0 Å². The van der Waals surface area contributed by atoms with E-state index in [4.69, 9.17) is 0 Å². The monoisotopic (exact) mass is 424 g/mol. The van der Waals surface area contributed by atoms with Gasteiger partial charge in [-0.3, -0.25) is 0 Å². The van der Waals surface area contributed by atoms with E-state index in [1.165, 1.54) is 44.0 Å². The van der Waals surface area contributed by atoms with E-state index in [1.807, 2.05) is 12.1 Å². The number of aromatic hydroxyl groups is 1. The summed E-state index contributed by atoms with van der Waals surface area (Å²) in [4.78, 5) is 0. The molecule has 0 unspecified atom stereocenters. The molecule has 0 saturated heterocycles. The number of hydrogen-bond acceptors (Lipinski definition) is 1. The van der Waals surface area contributed by atoms with Gasteiger partial charge in [-0.05, 0) is 92.1 Å². The maximum Gasteiger partial charge on any atom is 0.116 e. The van der Waals surface area contributed by atoms with Gasteiger partial charge < -0.3 is 5.11 Å². The first-order valence-electron chi connectivity index (χ1n) is 11.7. The molecule has 4 rings (SSSR count). The molecule has 1 nitrogen and oxygen atoms in total. The van der Waals surface area contributed by atoms with Gasteiger partial charge in [0.2, 0.25) is 0 Å². The van der Waals surface area contributed by atoms with Crippen molar-refractivity contribution in [1.82, 2.24) is 0 Å². The lowest BCUT2D eigenvalue weighted by molar-refractivity contribution is 0.472. The molecule has 0 aliphatic carbocycles. The van der Waals surface area contributed by atoms with Crippen molar-refractivity contribution in [1.29, 1.82) is 0 Å². The summed E-state index contributed by atoms with van der Waals surface area (Å²) in [6, 6.07) is 21.7. The number of fused-ring (bicyclic) bond motifs is 2. The van der Waals surface area contributed by atoms with E-state index < -0.39 is 0 Å². The molecule has 166 valence electrons. The summed E-state index contributed by atoms with van der Waals surface area (Å²) < 4.78 is 0. The molecule has 0 aliphatic heterocycles. The molecular weight excluding hydrogens is 388 g/mol. The normalized spacial score (nSPS) is 12.6. The van der Waals surface area contributed by atoms with Crippen molar-refractivity contribution in [3.8, 4) is 5.75 Å². The highest BCUT2D eigenvalue weighted by atomic mass is 16.3. The molecule has 1 heteroatoms. The van der Waals surface area contributed by atoms with Crippen molar-refractivity contribution in [3.05, 3.63) is 88.5 Å². The van der Waals surface area contributed by atoms with E-state index in [0.717, 1.165) is 18.2 Å². The second-order valence-electron chi connectivity index (χ2n) is 11.3. The third-order valence-corrected chi connectivity index (χ3v) is 6.67. The largest absolute Gasteiger partial charge is 0.508 e. The van der Waals surface area contributed by atoms with Crippen molar-refractivity contribution in [3.63, 3.8) is 0 Å². The molecule has 0 aromatic heterocycles. The molecule has 0 saturated carbocycles. The minimum Gasteiger partial charge on any atom is -0.508 e. The maximum absolute atomic E-state index is 10.3. The Morgan fingerprint density at radius 2 is 1.31 bits per heavy atom. The van der Waals surface area contributed by atoms with Crippen LogP contribution in [0.5, 0.6) is 5.75 Å². The topological polar surface area (TPSA) is 20.2 Å². The summed E-state index contributed by atoms with van der Waals surface area (Å²) in [6.07, 6.45) is 1.97. The van der Waals surface area contributed by atoms with Crippen LogP contribution in [0, 0.1) is 6.92 Å². The van der Waals surface area contributed by atoms with E-state index in [-0.39, 0.29) is 10.8 Å². The zero-order valence-corrected chi connectivity index (χ0v) is 20.6. The fourth-order valence-corrected chi connectivity index (χ4v) is 5.05. The Labute approximate surface area is 193 Å². The van der Waals surface area contributed by atoms with E-state index in [0.29, 0.717) is 5.75 Å². The van der Waals surface area contributed by atoms with Crippen LogP contribution in [0.3, 0.4) is 0 Å². The standard InChI is InChI=1S/C31H36O/c1-20-10-8-13-25-21(16-17-26(28(20)25)30(2,3)4)14-15-22-11-9-12-23-18-24(32)19-27(29(22)23)31(5,6)7/h8-13,16-19,32H,14-15H2,1-7H3. The van der Waals surface area contributed by atoms with Gasteiger partial charge in [-0.1, -0.05) is 90.1 Å². The first kappa shape index (κ1) is 22.4. The molecule has 1 N–H and O–H groups in total. The predicted octanol–water partition coefficient (Wildman–Crippen LogP) is 8.39. The third kappa shape index (κ3) is 4.13. The van der Waals surface area contributed by atoms with Crippen LogP contribution in [-0.4, -0.2) is 5.11 Å². The minimum atomic E-state index is -0.0364. The van der Waals surface area contributed by atoms with Gasteiger partial charge in [-0.15, -0.1) is 0 Å². The molecule has 32 heavy (non-hydrogen) atoms. The second-order valence-corrected chi connectivity index (χ2v) is 11.3. The van der Waals surface area contributed by atoms with Crippen molar-refractivity contribution in [2.75, 3.05) is 0 Å². The van der Waals surface area contributed by atoms with Gasteiger partial charge in [0.25, 0.3) is 0 Å². The number of benzene rings is 4. The van der Waals surface area contributed by atoms with Crippen LogP contribution < -0.4 is 0 Å². The molecule has 0 fully saturated rings. The molecule has 0 atom stereocenters. The molecule has 4 aromatic carbocycles. The zero-order chi connectivity index (χ0) is 23.3. The fraction of sp³-hybridized carbons (Fsp3) is 0.355. The van der Waals surface area contributed by atoms with Crippen molar-refractivity contribution >= 4 is 21.5 Å². The maximum atomic E-state index is 10.3. The smallest absolute Gasteiger partial charge is 0.116 e. The predicted molar refractivity (Wildman–Crippen MR) is 139 cm³/mol. The van der Waals surface area contributed by atoms with Gasteiger partial charge in [0.15, 0.2) is 0 Å². The van der Waals surface area contributed by atoms with Crippen LogP contribution in [0.4, 0.5) is 0 Å². The lowest BCUT2D eigenvalue weighted by atomic mass is 9.80. The summed E-state index contributed by atoms with van der Waals surface area (Å²) in [5.41, 5.74) is 6.83. The van der Waals surface area contributed by atoms with Crippen LogP contribution in [0.1, 0.15) is 69.4 Å². The van der Waals surface area contributed by atoms with Gasteiger partial charge in [0.05, 0.1) is 0 Å². The molecule has 0 heterocycles. The van der Waals surface area contributed by atoms with Gasteiger partial charge in [-0.25, -0.2) is 0 Å². The van der Waals surface area contributed by atoms with E-state index in [9.17, 15) is 5.11 Å². The molecule has 0 bridgehead atoms. The van der Waals surface area contributed by atoms with E-state index in [2.05, 4.69) is 97.0 Å². The number of phenolic OH excluding ortho intramolecular Hbond substituents is 1. The van der Waals surface area contributed by atoms with Crippen LogP contribution >= 0.6 is 0 Å². The van der Waals surface area contributed by atoms with Gasteiger partial charge in [0.1, 0.15) is 5.75 Å². The van der Waals surface area contributed by atoms with Crippen molar-refractivity contribution in [2.24, 2.45) is 0 Å². The van der Waals surface area contributed by atoms with Crippen molar-refractivity contribution in [2.45, 2.75) is 72.1 Å². The Morgan fingerprint density at radius 1 is 0.656 bits per heavy atom. The third-order valence-electron chi connectivity index (χ3n) is 6.67. The zero-order valence-electron chi connectivity index (χ0n) is 20.6. The Kier molecular flexibility index (Phi) is 5.57. The summed E-state index contributed by atoms with van der Waals surface area (Å²) in [5, 5.41) is 15.5. The van der Waals surface area contributed by atoms with Crippen molar-refractivity contribution < 1.29 is 5.11 Å². The summed E-state index contributed by atoms with van der Waals surface area (Å²) >= 11 is 0. The molecule has 0 radical (unpaired) electrons. The highest BCUT2D eigenvalue weighted by Crippen LogP contribution is 2.37. The lowest BCUT2D eigenvalue weighted by Gasteiger charge is -2.25. The second kappa shape index (κ2) is 7.96. The Bertz CT molecular complexity index is 1300. The number of rotatable bonds is 3. The molecule has 0 aliphatic rings. The summed E-state index contributed by atoms with van der Waals surface area (Å²) in [7, 11) is 0. The van der Waals surface area contributed by atoms with Gasteiger partial charge >= 0.3 is 0 Å². The average molecular weight is 425 g/mol. The average Bonchev–Trinajstić information content (AvgIpc) is 2.70. The summed E-state index contributed by atoms with van der Waals surface area (Å²) in [6.45, 7) is 15.8. The van der Waals surface area contributed by atoms with Gasteiger partial charge in [-0.2, -0.15) is 0 Å². The lowest BCUT2D eigenvalue weighted by Crippen LogP contribution is -2.13. The number of hydrogen-bond donors (Lipinski definition) is 1. The molecule has 4 aromatic rings. The molecular formula is C31H36O. The Morgan fingerprint density at radius 3 is 2.00 bits per heavy atom. The fourth-order valence-electron chi connectivity index (χ4n) is 5.05.